The first-order valence-corrected chi connectivity index (χ1v) is 6.37. The molecule has 1 atom stereocenters. The molecule has 0 spiro atoms. The zero-order valence-corrected chi connectivity index (χ0v) is 11.2. The molecule has 1 N–H and O–H groups in total. The summed E-state index contributed by atoms with van der Waals surface area (Å²) in [5.74, 6) is -0.675. The second-order valence-corrected chi connectivity index (χ2v) is 4.77. The molecule has 2 rings (SSSR count). The zero-order valence-electron chi connectivity index (χ0n) is 10.5. The van der Waals surface area contributed by atoms with Crippen molar-refractivity contribution in [1.82, 2.24) is 5.32 Å². The summed E-state index contributed by atoms with van der Waals surface area (Å²) < 4.78 is 26.5. The largest absolute Gasteiger partial charge is 0.306 e. The summed E-state index contributed by atoms with van der Waals surface area (Å²) in [5, 5.41) is 3.28. The molecule has 1 unspecified atom stereocenters. The van der Waals surface area contributed by atoms with Crippen LogP contribution in [-0.4, -0.2) is 0 Å². The topological polar surface area (TPSA) is 12.0 Å². The summed E-state index contributed by atoms with van der Waals surface area (Å²) in [5.41, 5.74) is 1.46. The fourth-order valence-electron chi connectivity index (χ4n) is 1.80. The van der Waals surface area contributed by atoms with E-state index in [-0.39, 0.29) is 16.9 Å². The molecule has 0 aliphatic carbocycles. The molecular weight excluding hydrogens is 268 g/mol. The number of nitrogens with one attached hydrogen (secondary N) is 1. The van der Waals surface area contributed by atoms with Gasteiger partial charge in [-0.15, -0.1) is 0 Å². The average Bonchev–Trinajstić information content (AvgIpc) is 2.40. The Kier molecular flexibility index (Phi) is 4.51. The van der Waals surface area contributed by atoms with E-state index in [1.165, 1.54) is 12.1 Å². The molecule has 0 aromatic heterocycles. The van der Waals surface area contributed by atoms with E-state index in [1.807, 2.05) is 6.92 Å². The quantitative estimate of drug-likeness (QED) is 0.872. The molecule has 0 bridgehead atoms. The predicted molar refractivity (Wildman–Crippen MR) is 73.1 cm³/mol. The van der Waals surface area contributed by atoms with Crippen molar-refractivity contribution < 1.29 is 8.78 Å². The van der Waals surface area contributed by atoms with Gasteiger partial charge >= 0.3 is 0 Å². The third-order valence-corrected chi connectivity index (χ3v) is 3.29. The standard InChI is InChI=1S/C15H14ClF2N/c1-10(11-6-7-15(18)13(16)8-11)19-9-12-4-2-3-5-14(12)17/h2-8,10,19H,9H2,1H3. The van der Waals surface area contributed by atoms with E-state index >= 15 is 0 Å². The van der Waals surface area contributed by atoms with E-state index in [1.54, 1.807) is 30.3 Å². The first-order valence-electron chi connectivity index (χ1n) is 5.99. The lowest BCUT2D eigenvalue weighted by molar-refractivity contribution is 0.543. The summed E-state index contributed by atoms with van der Waals surface area (Å²) >= 11 is 5.74. The highest BCUT2D eigenvalue weighted by atomic mass is 35.5. The van der Waals surface area contributed by atoms with Gasteiger partial charge in [0.2, 0.25) is 0 Å². The molecule has 1 nitrogen and oxygen atoms in total. The van der Waals surface area contributed by atoms with Gasteiger partial charge in [-0.2, -0.15) is 0 Å². The Hall–Kier alpha value is -1.45. The van der Waals surface area contributed by atoms with Crippen molar-refractivity contribution in [3.8, 4) is 0 Å². The maximum Gasteiger partial charge on any atom is 0.141 e. The fraction of sp³-hybridized carbons (Fsp3) is 0.200. The highest BCUT2D eigenvalue weighted by Crippen LogP contribution is 2.21. The van der Waals surface area contributed by atoms with Crippen LogP contribution in [0.5, 0.6) is 0 Å². The van der Waals surface area contributed by atoms with Crippen molar-refractivity contribution in [2.75, 3.05) is 0 Å². The second-order valence-electron chi connectivity index (χ2n) is 4.37. The monoisotopic (exact) mass is 281 g/mol. The minimum atomic E-state index is -0.438. The van der Waals surface area contributed by atoms with Crippen LogP contribution >= 0.6 is 11.6 Å². The van der Waals surface area contributed by atoms with Gasteiger partial charge in [0.25, 0.3) is 0 Å². The van der Waals surface area contributed by atoms with E-state index < -0.39 is 5.82 Å². The summed E-state index contributed by atoms with van der Waals surface area (Å²) in [6.07, 6.45) is 0. The number of rotatable bonds is 4. The number of halogens is 3. The minimum Gasteiger partial charge on any atom is -0.306 e. The number of benzene rings is 2. The van der Waals surface area contributed by atoms with Gasteiger partial charge in [-0.3, -0.25) is 0 Å². The molecule has 0 aliphatic rings. The lowest BCUT2D eigenvalue weighted by Crippen LogP contribution is -2.18. The first kappa shape index (κ1) is 14.0. The van der Waals surface area contributed by atoms with Gasteiger partial charge in [0.1, 0.15) is 11.6 Å². The van der Waals surface area contributed by atoms with Crippen LogP contribution in [0.1, 0.15) is 24.1 Å². The van der Waals surface area contributed by atoms with Crippen LogP contribution in [0.4, 0.5) is 8.78 Å². The maximum absolute atomic E-state index is 13.4. The zero-order chi connectivity index (χ0) is 13.8. The van der Waals surface area contributed by atoms with Crippen LogP contribution in [0, 0.1) is 11.6 Å². The normalized spacial score (nSPS) is 12.4. The average molecular weight is 282 g/mol. The lowest BCUT2D eigenvalue weighted by Gasteiger charge is -2.15. The van der Waals surface area contributed by atoms with Crippen LogP contribution in [0.25, 0.3) is 0 Å². The van der Waals surface area contributed by atoms with Gasteiger partial charge in [0.05, 0.1) is 5.02 Å². The lowest BCUT2D eigenvalue weighted by atomic mass is 10.1. The molecule has 4 heteroatoms. The minimum absolute atomic E-state index is 0.0438. The number of hydrogen-bond donors (Lipinski definition) is 1. The predicted octanol–water partition coefficient (Wildman–Crippen LogP) is 4.47. The van der Waals surface area contributed by atoms with Crippen molar-refractivity contribution >= 4 is 11.6 Å². The fourth-order valence-corrected chi connectivity index (χ4v) is 1.99. The van der Waals surface area contributed by atoms with Crippen molar-refractivity contribution in [1.29, 1.82) is 0 Å². The van der Waals surface area contributed by atoms with E-state index in [9.17, 15) is 8.78 Å². The highest BCUT2D eigenvalue weighted by Gasteiger charge is 2.09. The van der Waals surface area contributed by atoms with E-state index in [4.69, 9.17) is 11.6 Å². The van der Waals surface area contributed by atoms with Gasteiger partial charge in [-0.1, -0.05) is 35.9 Å². The summed E-state index contributed by atoms with van der Waals surface area (Å²) in [4.78, 5) is 0. The second kappa shape index (κ2) is 6.13. The van der Waals surface area contributed by atoms with Gasteiger partial charge < -0.3 is 5.32 Å². The Morgan fingerprint density at radius 1 is 1.11 bits per heavy atom. The Labute approximate surface area is 116 Å². The summed E-state index contributed by atoms with van der Waals surface area (Å²) in [6, 6.07) is 11.1. The van der Waals surface area contributed by atoms with Crippen LogP contribution in [0.2, 0.25) is 5.02 Å². The van der Waals surface area contributed by atoms with Crippen molar-refractivity contribution in [2.45, 2.75) is 19.5 Å². The molecule has 0 aliphatic heterocycles. The molecule has 0 saturated heterocycles. The van der Waals surface area contributed by atoms with Gasteiger partial charge in [-0.05, 0) is 30.7 Å². The SMILES string of the molecule is CC(NCc1ccccc1F)c1ccc(F)c(Cl)c1. The molecule has 100 valence electrons. The van der Waals surface area contributed by atoms with E-state index in [0.29, 0.717) is 12.1 Å². The Morgan fingerprint density at radius 2 is 1.84 bits per heavy atom. The Bertz CT molecular complexity index is 572. The van der Waals surface area contributed by atoms with Crippen molar-refractivity contribution in [2.24, 2.45) is 0 Å². The van der Waals surface area contributed by atoms with E-state index in [2.05, 4.69) is 5.32 Å². The molecule has 0 heterocycles. The molecule has 2 aromatic carbocycles. The summed E-state index contributed by atoms with van der Waals surface area (Å²) in [7, 11) is 0. The van der Waals surface area contributed by atoms with Gasteiger partial charge in [0, 0.05) is 18.2 Å². The molecular formula is C15H14ClF2N. The molecule has 0 radical (unpaired) electrons. The first-order chi connectivity index (χ1) is 9.08. The smallest absolute Gasteiger partial charge is 0.141 e. The molecule has 19 heavy (non-hydrogen) atoms. The van der Waals surface area contributed by atoms with Crippen molar-refractivity contribution in [3.63, 3.8) is 0 Å². The molecule has 0 amide bonds. The number of hydrogen-bond acceptors (Lipinski definition) is 1. The Morgan fingerprint density at radius 3 is 2.53 bits per heavy atom. The molecule has 0 saturated carbocycles. The third-order valence-electron chi connectivity index (χ3n) is 3.00. The molecule has 0 fully saturated rings. The third kappa shape index (κ3) is 3.52. The van der Waals surface area contributed by atoms with Gasteiger partial charge in [-0.25, -0.2) is 8.78 Å². The van der Waals surface area contributed by atoms with Gasteiger partial charge in [0.15, 0.2) is 0 Å². The molecule has 2 aromatic rings. The van der Waals surface area contributed by atoms with Crippen molar-refractivity contribution in [3.05, 3.63) is 70.2 Å². The summed E-state index contributed by atoms with van der Waals surface area (Å²) in [6.45, 7) is 2.33. The van der Waals surface area contributed by atoms with Crippen LogP contribution in [0.15, 0.2) is 42.5 Å². The van der Waals surface area contributed by atoms with Crippen LogP contribution < -0.4 is 5.32 Å². The van der Waals surface area contributed by atoms with Crippen LogP contribution in [0.3, 0.4) is 0 Å². The Balaban J connectivity index is 2.03. The maximum atomic E-state index is 13.4. The highest BCUT2D eigenvalue weighted by molar-refractivity contribution is 6.30. The van der Waals surface area contributed by atoms with E-state index in [0.717, 1.165) is 5.56 Å². The van der Waals surface area contributed by atoms with Crippen LogP contribution in [-0.2, 0) is 6.54 Å².